The van der Waals surface area contributed by atoms with Crippen LogP contribution in [0.5, 0.6) is 0 Å². The number of likely N-dealkylation sites (tertiary alicyclic amines) is 1. The molecule has 1 unspecified atom stereocenters. The lowest BCUT2D eigenvalue weighted by Crippen LogP contribution is -2.36. The number of nitriles is 1. The second-order valence-corrected chi connectivity index (χ2v) is 11.6. The van der Waals surface area contributed by atoms with Crippen LogP contribution in [0.3, 0.4) is 0 Å². The van der Waals surface area contributed by atoms with Crippen LogP contribution in [0.4, 0.5) is 5.69 Å². The fourth-order valence-electron chi connectivity index (χ4n) is 5.23. The Bertz CT molecular complexity index is 1340. The Morgan fingerprint density at radius 3 is 2.46 bits per heavy atom. The van der Waals surface area contributed by atoms with E-state index in [1.165, 1.54) is 29.5 Å². The van der Waals surface area contributed by atoms with E-state index in [0.29, 0.717) is 30.2 Å². The zero-order valence-electron chi connectivity index (χ0n) is 24.2. The van der Waals surface area contributed by atoms with E-state index >= 15 is 0 Å². The van der Waals surface area contributed by atoms with Crippen LogP contribution in [0, 0.1) is 11.3 Å². The molecule has 0 spiro atoms. The molecule has 9 nitrogen and oxygen atoms in total. The number of carbonyl (C=O) groups excluding carboxylic acids is 3. The van der Waals surface area contributed by atoms with E-state index in [1.807, 2.05) is 63.2 Å². The first-order chi connectivity index (χ1) is 19.9. The highest BCUT2D eigenvalue weighted by molar-refractivity contribution is 8.04. The Morgan fingerprint density at radius 1 is 1.07 bits per heavy atom. The van der Waals surface area contributed by atoms with Gasteiger partial charge >= 0.3 is 0 Å². The van der Waals surface area contributed by atoms with Gasteiger partial charge in [-0.15, -0.1) is 0 Å². The standard InChI is InChI=1S/C31H40N6O3S/c1-4-24(5-2)35-29(39)26(19-32)31-37(6-3)30(40)27(41-31)20-34-25-12-11-21-17-23(10-9-22(21)18-25)28(38)33-13-16-36-14-7-8-15-36/h9-12,17-18,24,27,34H,4-8,13-16,20H2,1-3H3,(H,33,38)(H,35,39)/b31-26-. The van der Waals surface area contributed by atoms with Gasteiger partial charge in [0.1, 0.15) is 21.9 Å². The van der Waals surface area contributed by atoms with E-state index in [4.69, 9.17) is 0 Å². The molecular formula is C31H40N6O3S. The van der Waals surface area contributed by atoms with Crippen molar-refractivity contribution >= 4 is 45.9 Å². The van der Waals surface area contributed by atoms with E-state index in [1.54, 1.807) is 0 Å². The second kappa shape index (κ2) is 14.4. The van der Waals surface area contributed by atoms with Crippen molar-refractivity contribution in [1.29, 1.82) is 5.26 Å². The van der Waals surface area contributed by atoms with E-state index in [-0.39, 0.29) is 23.4 Å². The third kappa shape index (κ3) is 7.40. The number of benzene rings is 2. The molecule has 0 aromatic heterocycles. The van der Waals surface area contributed by atoms with Gasteiger partial charge in [0.2, 0.25) is 5.91 Å². The Labute approximate surface area is 246 Å². The number of hydrogen-bond acceptors (Lipinski definition) is 7. The van der Waals surface area contributed by atoms with E-state index in [2.05, 4.69) is 20.9 Å². The molecule has 41 heavy (non-hydrogen) atoms. The van der Waals surface area contributed by atoms with Crippen molar-refractivity contribution in [1.82, 2.24) is 20.4 Å². The lowest BCUT2D eigenvalue weighted by molar-refractivity contribution is -0.127. The third-order valence-electron chi connectivity index (χ3n) is 7.74. The molecule has 2 aromatic carbocycles. The maximum atomic E-state index is 13.2. The third-order valence-corrected chi connectivity index (χ3v) is 9.04. The summed E-state index contributed by atoms with van der Waals surface area (Å²) in [5, 5.41) is 21.0. The average molecular weight is 577 g/mol. The zero-order chi connectivity index (χ0) is 29.4. The van der Waals surface area contributed by atoms with Crippen LogP contribution in [0.1, 0.15) is 56.8 Å². The molecule has 2 saturated heterocycles. The molecule has 3 N–H and O–H groups in total. The van der Waals surface area contributed by atoms with E-state index in [9.17, 15) is 19.6 Å². The molecule has 218 valence electrons. The minimum Gasteiger partial charge on any atom is -0.383 e. The summed E-state index contributed by atoms with van der Waals surface area (Å²) in [7, 11) is 0. The zero-order valence-corrected chi connectivity index (χ0v) is 25.0. The Hall–Kier alpha value is -3.55. The fourth-order valence-corrected chi connectivity index (χ4v) is 6.50. The Balaban J connectivity index is 1.38. The van der Waals surface area contributed by atoms with Gasteiger partial charge in [-0.1, -0.05) is 37.7 Å². The Kier molecular flexibility index (Phi) is 10.7. The number of amides is 3. The molecule has 4 rings (SSSR count). The van der Waals surface area contributed by atoms with Crippen LogP contribution in [-0.4, -0.2) is 78.1 Å². The van der Waals surface area contributed by atoms with Gasteiger partial charge in [-0.3, -0.25) is 14.4 Å². The first-order valence-corrected chi connectivity index (χ1v) is 15.5. The van der Waals surface area contributed by atoms with E-state index < -0.39 is 11.2 Å². The van der Waals surface area contributed by atoms with Gasteiger partial charge in [0, 0.05) is 43.5 Å². The number of rotatable bonds is 12. The monoisotopic (exact) mass is 576 g/mol. The van der Waals surface area contributed by atoms with Gasteiger partial charge in [-0.25, -0.2) is 0 Å². The number of hydrogen-bond donors (Lipinski definition) is 3. The van der Waals surface area contributed by atoms with Crippen molar-refractivity contribution in [3.63, 3.8) is 0 Å². The lowest BCUT2D eigenvalue weighted by atomic mass is 10.1. The second-order valence-electron chi connectivity index (χ2n) is 10.4. The molecule has 2 aromatic rings. The number of nitrogens with one attached hydrogen (secondary N) is 3. The van der Waals surface area contributed by atoms with Gasteiger partial charge in [0.25, 0.3) is 11.8 Å². The summed E-state index contributed by atoms with van der Waals surface area (Å²) < 4.78 is 0. The normalized spacial score (nSPS) is 18.6. The highest BCUT2D eigenvalue weighted by atomic mass is 32.2. The molecule has 10 heteroatoms. The predicted molar refractivity (Wildman–Crippen MR) is 164 cm³/mol. The van der Waals surface area contributed by atoms with Crippen LogP contribution >= 0.6 is 11.8 Å². The van der Waals surface area contributed by atoms with Crippen molar-refractivity contribution in [3.05, 3.63) is 52.6 Å². The van der Waals surface area contributed by atoms with Gasteiger partial charge in [0.15, 0.2) is 0 Å². The molecule has 0 saturated carbocycles. The maximum Gasteiger partial charge on any atom is 0.264 e. The van der Waals surface area contributed by atoms with Crippen LogP contribution in [0.15, 0.2) is 47.0 Å². The van der Waals surface area contributed by atoms with Crippen LogP contribution in [0.2, 0.25) is 0 Å². The summed E-state index contributed by atoms with van der Waals surface area (Å²) in [6.45, 7) is 10.3. The SMILES string of the molecule is CCC(CC)NC(=O)/C(C#N)=C1\SC(CNc2ccc3cc(C(=O)NCCN4CCCC4)ccc3c2)C(=O)N1CC. The van der Waals surface area contributed by atoms with Crippen LogP contribution in [0.25, 0.3) is 10.8 Å². The number of anilines is 1. The summed E-state index contributed by atoms with van der Waals surface area (Å²) in [4.78, 5) is 42.6. The van der Waals surface area contributed by atoms with Gasteiger partial charge in [0.05, 0.1) is 0 Å². The molecule has 1 atom stereocenters. The molecule has 0 aliphatic carbocycles. The smallest absolute Gasteiger partial charge is 0.264 e. The van der Waals surface area contributed by atoms with Crippen molar-refractivity contribution < 1.29 is 14.4 Å². The summed E-state index contributed by atoms with van der Waals surface area (Å²) in [5.41, 5.74) is 1.47. The van der Waals surface area contributed by atoms with Crippen molar-refractivity contribution in [2.45, 2.75) is 57.7 Å². The minimum absolute atomic E-state index is 0.0128. The summed E-state index contributed by atoms with van der Waals surface area (Å²) >= 11 is 1.26. The quantitative estimate of drug-likeness (QED) is 0.257. The average Bonchev–Trinajstić information content (AvgIpc) is 3.62. The summed E-state index contributed by atoms with van der Waals surface area (Å²) in [6, 6.07) is 13.6. The summed E-state index contributed by atoms with van der Waals surface area (Å²) in [6.07, 6.45) is 4.01. The number of thioether (sulfide) groups is 1. The molecule has 2 aliphatic rings. The molecule has 0 bridgehead atoms. The van der Waals surface area contributed by atoms with Gasteiger partial charge in [-0.05, 0) is 80.7 Å². The largest absolute Gasteiger partial charge is 0.383 e. The van der Waals surface area contributed by atoms with E-state index in [0.717, 1.165) is 48.9 Å². The van der Waals surface area contributed by atoms with Gasteiger partial charge < -0.3 is 25.8 Å². The number of fused-ring (bicyclic) bond motifs is 1. The first kappa shape index (κ1) is 30.4. The molecule has 2 heterocycles. The molecule has 0 radical (unpaired) electrons. The van der Waals surface area contributed by atoms with Crippen LogP contribution < -0.4 is 16.0 Å². The first-order valence-electron chi connectivity index (χ1n) is 14.6. The number of nitrogens with zero attached hydrogens (tertiary/aromatic N) is 3. The number of carbonyl (C=O) groups is 3. The maximum absolute atomic E-state index is 13.2. The molecule has 3 amide bonds. The highest BCUT2D eigenvalue weighted by Crippen LogP contribution is 2.37. The summed E-state index contributed by atoms with van der Waals surface area (Å²) in [5.74, 6) is -0.623. The molecule has 2 fully saturated rings. The topological polar surface area (TPSA) is 118 Å². The fraction of sp³-hybridized carbons (Fsp3) is 0.484. The van der Waals surface area contributed by atoms with Crippen molar-refractivity contribution in [3.8, 4) is 6.07 Å². The predicted octanol–water partition coefficient (Wildman–Crippen LogP) is 4.08. The molecule has 2 aliphatic heterocycles. The minimum atomic E-state index is -0.462. The van der Waals surface area contributed by atoms with Crippen LogP contribution in [-0.2, 0) is 9.59 Å². The molecular weight excluding hydrogens is 536 g/mol. The highest BCUT2D eigenvalue weighted by Gasteiger charge is 2.39. The Morgan fingerprint density at radius 2 is 1.78 bits per heavy atom. The lowest BCUT2D eigenvalue weighted by Gasteiger charge is -2.18. The van der Waals surface area contributed by atoms with Crippen molar-refractivity contribution in [2.75, 3.05) is 44.6 Å². The van der Waals surface area contributed by atoms with Crippen molar-refractivity contribution in [2.24, 2.45) is 0 Å². The van der Waals surface area contributed by atoms with Gasteiger partial charge in [-0.2, -0.15) is 5.26 Å².